The van der Waals surface area contributed by atoms with E-state index in [0.29, 0.717) is 36.9 Å². The van der Waals surface area contributed by atoms with E-state index in [2.05, 4.69) is 4.90 Å². The Morgan fingerprint density at radius 1 is 1.36 bits per heavy atom. The molecule has 3 unspecified atom stereocenters. The summed E-state index contributed by atoms with van der Waals surface area (Å²) >= 11 is 0. The normalized spacial score (nSPS) is 29.6. The number of piperidine rings is 2. The molecular weight excluding hydrogens is 306 g/mol. The second kappa shape index (κ2) is 7.15. The van der Waals surface area contributed by atoms with E-state index in [-0.39, 0.29) is 24.9 Å². The number of likely N-dealkylation sites (tertiary alicyclic amines) is 2. The molecule has 1 aliphatic carbocycles. The van der Waals surface area contributed by atoms with Crippen LogP contribution in [0.5, 0.6) is 0 Å². The number of hydrogen-bond donors (Lipinski definition) is 1. The minimum atomic E-state index is -0.573. The topological polar surface area (TPSA) is 75.9 Å². The molecule has 3 atom stereocenters. The van der Waals surface area contributed by atoms with Gasteiger partial charge in [0.05, 0.1) is 6.61 Å². The van der Waals surface area contributed by atoms with Gasteiger partial charge in [-0.05, 0) is 31.6 Å². The highest BCUT2D eigenvalue weighted by molar-refractivity contribution is 5.85. The zero-order chi connectivity index (χ0) is 15.0. The number of carbonyl (C=O) groups excluding carboxylic acids is 2. The predicted molar refractivity (Wildman–Crippen MR) is 84.7 cm³/mol. The number of rotatable bonds is 4. The average Bonchev–Trinajstić information content (AvgIpc) is 3.30. The molecule has 2 saturated heterocycles. The number of carbonyl (C=O) groups is 2. The van der Waals surface area contributed by atoms with Gasteiger partial charge < -0.3 is 20.3 Å². The number of methoxy groups -OCH3 is 1. The van der Waals surface area contributed by atoms with Crippen molar-refractivity contribution in [2.45, 2.75) is 50.2 Å². The Labute approximate surface area is 137 Å². The first-order valence-corrected chi connectivity index (χ1v) is 7.96. The van der Waals surface area contributed by atoms with Gasteiger partial charge in [-0.15, -0.1) is 12.4 Å². The van der Waals surface area contributed by atoms with Crippen molar-refractivity contribution in [2.24, 2.45) is 11.7 Å². The second-order valence-electron chi connectivity index (χ2n) is 6.53. The summed E-state index contributed by atoms with van der Waals surface area (Å²) in [6, 6.07) is 0.237. The summed E-state index contributed by atoms with van der Waals surface area (Å²) < 4.78 is 4.97. The van der Waals surface area contributed by atoms with Gasteiger partial charge in [-0.1, -0.05) is 0 Å². The van der Waals surface area contributed by atoms with Crippen LogP contribution in [0.2, 0.25) is 0 Å². The van der Waals surface area contributed by atoms with Crippen molar-refractivity contribution in [1.82, 2.24) is 9.80 Å². The van der Waals surface area contributed by atoms with Crippen molar-refractivity contribution in [3.63, 3.8) is 0 Å². The molecule has 0 radical (unpaired) electrons. The zero-order valence-electron chi connectivity index (χ0n) is 13.1. The molecule has 3 rings (SSSR count). The molecule has 0 aromatic rings. The Kier molecular flexibility index (Phi) is 5.69. The molecule has 126 valence electrons. The van der Waals surface area contributed by atoms with Crippen molar-refractivity contribution in [3.05, 3.63) is 0 Å². The Hall–Kier alpha value is -0.850. The largest absolute Gasteiger partial charge is 0.383 e. The third-order valence-electron chi connectivity index (χ3n) is 4.98. The summed E-state index contributed by atoms with van der Waals surface area (Å²) in [7, 11) is 1.56. The molecule has 2 aliphatic heterocycles. The number of nitrogens with two attached hydrogens (primary N) is 1. The number of hydrogen-bond acceptors (Lipinski definition) is 4. The highest BCUT2D eigenvalue weighted by atomic mass is 35.5. The van der Waals surface area contributed by atoms with E-state index in [1.54, 1.807) is 7.11 Å². The van der Waals surface area contributed by atoms with Gasteiger partial charge in [0.2, 0.25) is 11.8 Å². The molecule has 0 spiro atoms. The number of ether oxygens (including phenoxy) is 1. The Bertz CT molecular complexity index is 430. The molecule has 0 bridgehead atoms. The fourth-order valence-electron chi connectivity index (χ4n) is 3.81. The minimum absolute atomic E-state index is 0. The van der Waals surface area contributed by atoms with Gasteiger partial charge in [-0.25, -0.2) is 0 Å². The first kappa shape index (κ1) is 17.5. The van der Waals surface area contributed by atoms with Crippen LogP contribution < -0.4 is 5.73 Å². The highest BCUT2D eigenvalue weighted by Crippen LogP contribution is 2.38. The molecule has 3 aliphatic rings. The summed E-state index contributed by atoms with van der Waals surface area (Å²) in [4.78, 5) is 28.4. The Morgan fingerprint density at radius 2 is 2.09 bits per heavy atom. The molecule has 2 amide bonds. The lowest BCUT2D eigenvalue weighted by Gasteiger charge is -2.47. The van der Waals surface area contributed by atoms with Gasteiger partial charge in [0.15, 0.2) is 0 Å². The van der Waals surface area contributed by atoms with Gasteiger partial charge in [-0.2, -0.15) is 0 Å². The molecule has 22 heavy (non-hydrogen) atoms. The molecule has 6 nitrogen and oxygen atoms in total. The van der Waals surface area contributed by atoms with E-state index in [9.17, 15) is 9.59 Å². The van der Waals surface area contributed by atoms with Crippen molar-refractivity contribution in [3.8, 4) is 0 Å². The molecular formula is C15H26ClN3O3. The van der Waals surface area contributed by atoms with E-state index >= 15 is 0 Å². The van der Waals surface area contributed by atoms with Gasteiger partial charge in [0.25, 0.3) is 0 Å². The molecule has 2 heterocycles. The third kappa shape index (κ3) is 3.39. The molecule has 0 aromatic heterocycles. The van der Waals surface area contributed by atoms with Crippen LogP contribution in [0.4, 0.5) is 0 Å². The van der Waals surface area contributed by atoms with Crippen LogP contribution in [-0.4, -0.2) is 66.5 Å². The van der Waals surface area contributed by atoms with Gasteiger partial charge in [0.1, 0.15) is 6.04 Å². The molecule has 0 aromatic carbocycles. The number of fused-ring (bicyclic) bond motifs is 1. The first-order chi connectivity index (χ1) is 10.1. The van der Waals surface area contributed by atoms with Crippen molar-refractivity contribution < 1.29 is 14.3 Å². The molecule has 2 N–H and O–H groups in total. The quantitative estimate of drug-likeness (QED) is 0.808. The average molecular weight is 332 g/mol. The van der Waals surface area contributed by atoms with Crippen LogP contribution in [0.15, 0.2) is 0 Å². The number of amides is 2. The maximum Gasteiger partial charge on any atom is 0.241 e. The van der Waals surface area contributed by atoms with Gasteiger partial charge in [-0.3, -0.25) is 9.59 Å². The Morgan fingerprint density at radius 3 is 2.73 bits per heavy atom. The fraction of sp³-hybridized carbons (Fsp3) is 0.867. The van der Waals surface area contributed by atoms with E-state index < -0.39 is 6.04 Å². The summed E-state index contributed by atoms with van der Waals surface area (Å²) in [6.45, 7) is 1.70. The lowest BCUT2D eigenvalue weighted by molar-refractivity contribution is -0.145. The monoisotopic (exact) mass is 331 g/mol. The third-order valence-corrected chi connectivity index (χ3v) is 4.98. The first-order valence-electron chi connectivity index (χ1n) is 7.96. The van der Waals surface area contributed by atoms with Gasteiger partial charge >= 0.3 is 0 Å². The molecule has 7 heteroatoms. The Balaban J connectivity index is 0.00000176. The van der Waals surface area contributed by atoms with Crippen LogP contribution in [0, 0.1) is 5.92 Å². The standard InChI is InChI=1S/C15H25N3O3.ClH/c1-21-9-12(16)15(20)17-7-6-13-10(8-17)2-5-14(19)18(13)11-3-4-11;/h10-13H,2-9,16H2,1H3;1H. The van der Waals surface area contributed by atoms with Crippen molar-refractivity contribution in [1.29, 1.82) is 0 Å². The van der Waals surface area contributed by atoms with E-state index in [4.69, 9.17) is 10.5 Å². The van der Waals surface area contributed by atoms with Crippen LogP contribution in [0.25, 0.3) is 0 Å². The minimum Gasteiger partial charge on any atom is -0.383 e. The smallest absolute Gasteiger partial charge is 0.241 e. The summed E-state index contributed by atoms with van der Waals surface area (Å²) in [5.41, 5.74) is 5.85. The van der Waals surface area contributed by atoms with Crippen LogP contribution in [0.3, 0.4) is 0 Å². The summed E-state index contributed by atoms with van der Waals surface area (Å²) in [5.74, 6) is 0.704. The predicted octanol–water partition coefficient (Wildman–Crippen LogP) is 0.384. The number of halogens is 1. The second-order valence-corrected chi connectivity index (χ2v) is 6.53. The zero-order valence-corrected chi connectivity index (χ0v) is 13.9. The van der Waals surface area contributed by atoms with Gasteiger partial charge in [0, 0.05) is 38.7 Å². The highest BCUT2D eigenvalue weighted by Gasteiger charge is 2.46. The maximum absolute atomic E-state index is 12.3. The van der Waals surface area contributed by atoms with Crippen LogP contribution in [0.1, 0.15) is 32.1 Å². The molecule has 3 fully saturated rings. The lowest BCUT2D eigenvalue weighted by atomic mass is 9.83. The molecule has 1 saturated carbocycles. The van der Waals surface area contributed by atoms with E-state index in [0.717, 1.165) is 32.2 Å². The van der Waals surface area contributed by atoms with E-state index in [1.807, 2.05) is 4.90 Å². The fourth-order valence-corrected chi connectivity index (χ4v) is 3.81. The number of nitrogens with zero attached hydrogens (tertiary/aromatic N) is 2. The van der Waals surface area contributed by atoms with Crippen LogP contribution in [-0.2, 0) is 14.3 Å². The SMILES string of the molecule is COCC(N)C(=O)N1CCC2C(CCC(=O)N2C2CC2)C1.Cl. The summed E-state index contributed by atoms with van der Waals surface area (Å²) in [5, 5.41) is 0. The van der Waals surface area contributed by atoms with Crippen LogP contribution >= 0.6 is 12.4 Å². The van der Waals surface area contributed by atoms with E-state index in [1.165, 1.54) is 0 Å². The van der Waals surface area contributed by atoms with Crippen molar-refractivity contribution in [2.75, 3.05) is 26.8 Å². The van der Waals surface area contributed by atoms with Crippen molar-refractivity contribution >= 4 is 24.2 Å². The lowest BCUT2D eigenvalue weighted by Crippen LogP contribution is -2.59. The summed E-state index contributed by atoms with van der Waals surface area (Å²) in [6.07, 6.45) is 4.71. The maximum atomic E-state index is 12.3.